The van der Waals surface area contributed by atoms with Crippen molar-refractivity contribution in [3.05, 3.63) is 176 Å². The maximum absolute atomic E-state index is 2.72. The van der Waals surface area contributed by atoms with E-state index in [1.807, 2.05) is 0 Å². The van der Waals surface area contributed by atoms with Crippen LogP contribution in [0.15, 0.2) is 132 Å². The van der Waals surface area contributed by atoms with Gasteiger partial charge in [0.2, 0.25) is 0 Å². The number of benzene rings is 4. The molecule has 4 unspecified atom stereocenters. The van der Waals surface area contributed by atoms with Crippen LogP contribution in [0.5, 0.6) is 0 Å². The van der Waals surface area contributed by atoms with Crippen molar-refractivity contribution < 1.29 is 66.6 Å². The Kier molecular flexibility index (Phi) is 18.4. The van der Waals surface area contributed by atoms with Crippen LogP contribution in [0, 0.1) is 0 Å². The number of hydrogen-bond acceptors (Lipinski definition) is 0. The standard InChI is InChI=1S/2C19H17.2C9H13.2C2H7Si.2ClH.2Zr/c2*1-13-10-16-12-15-8-5-9-17(15)19(18(16)11-13)14-6-3-2-4-7-14;2*1-2-3-6-9-7-4-5-8-9;2*1-3-2;;;;/h2*2-4,6-7,10-12H,5,8-9H2,1H3;2*4-5,7-8H,2-3,6H2,1H3;2*3H,1-2H3;2*1H;;/q;;;;;;;;2*+1/p-2. The Morgan fingerprint density at radius 3 is 1.30 bits per heavy atom. The summed E-state index contributed by atoms with van der Waals surface area (Å²) >= 11 is -3.50. The molecule has 4 aromatic carbocycles. The first-order valence-corrected chi connectivity index (χ1v) is 45.5. The van der Waals surface area contributed by atoms with Crippen molar-refractivity contribution in [3.8, 4) is 22.3 Å². The minimum atomic E-state index is -1.75. The number of unbranched alkanes of at least 4 members (excludes halogenated alkanes) is 2. The molecule has 0 saturated heterocycles. The van der Waals surface area contributed by atoms with Crippen molar-refractivity contribution in [3.63, 3.8) is 0 Å². The van der Waals surface area contributed by atoms with Gasteiger partial charge in [-0.25, -0.2) is 0 Å². The van der Waals surface area contributed by atoms with Gasteiger partial charge in [-0.15, -0.1) is 0 Å². The predicted molar refractivity (Wildman–Crippen MR) is 279 cm³/mol. The Morgan fingerprint density at radius 1 is 0.545 bits per heavy atom. The van der Waals surface area contributed by atoms with E-state index in [0.717, 1.165) is 14.5 Å². The summed E-state index contributed by atoms with van der Waals surface area (Å²) in [5.74, 6) is -1.39. The van der Waals surface area contributed by atoms with Gasteiger partial charge in [0.25, 0.3) is 0 Å². The molecule has 0 aliphatic heterocycles. The van der Waals surface area contributed by atoms with Crippen molar-refractivity contribution in [1.82, 2.24) is 0 Å². The molecule has 0 radical (unpaired) electrons. The van der Waals surface area contributed by atoms with Gasteiger partial charge in [0.05, 0.1) is 0 Å². The smallest absolute Gasteiger partial charge is 1.00 e. The van der Waals surface area contributed by atoms with Gasteiger partial charge in [0.1, 0.15) is 0 Å². The number of hydrogen-bond donors (Lipinski definition) is 0. The molecule has 10 rings (SSSR count). The average molecular weight is 1100 g/mol. The quantitative estimate of drug-likeness (QED) is 0.110. The second kappa shape index (κ2) is 23.3. The number of halogens is 2. The average Bonchev–Trinajstić information content (AvgIpc) is 4.17. The molecule has 6 aliphatic rings. The third-order valence-corrected chi connectivity index (χ3v) is 59.0. The van der Waals surface area contributed by atoms with Crippen LogP contribution in [0.3, 0.4) is 0 Å². The SMILES string of the molecule is CCCCC1=C[CH]([Zr+]([CH]2C(C)=Cc3c2cc2c(c3-c3ccccc3)CCC2)[SiH](C)C)C=C1.CCCCC1=C[CH]([Zr+]([CH]2C(C)=Cc3c2cc2c(c3-c3ccccc3)CCC2)[SiH](C)C)C=C1.[Cl-].[Cl-]. The fourth-order valence-corrected chi connectivity index (χ4v) is 55.8. The topological polar surface area (TPSA) is 0 Å². The molecule has 0 heterocycles. The summed E-state index contributed by atoms with van der Waals surface area (Å²) in [6, 6.07) is 27.9. The maximum Gasteiger partial charge on any atom is -1.00 e. The van der Waals surface area contributed by atoms with Crippen LogP contribution in [0.4, 0.5) is 0 Å². The fourth-order valence-electron chi connectivity index (χ4n) is 12.7. The van der Waals surface area contributed by atoms with E-state index in [9.17, 15) is 0 Å². The Bertz CT molecular complexity index is 2370. The molecule has 0 saturated carbocycles. The first-order valence-electron chi connectivity index (χ1n) is 25.5. The summed E-state index contributed by atoms with van der Waals surface area (Å²) in [6.07, 6.45) is 36.4. The number of aryl methyl sites for hydroxylation is 2. The second-order valence-corrected chi connectivity index (χ2v) is 61.2. The first-order chi connectivity index (χ1) is 31.2. The van der Waals surface area contributed by atoms with Crippen LogP contribution in [0.1, 0.15) is 131 Å². The number of fused-ring (bicyclic) bond motifs is 4. The minimum absolute atomic E-state index is 0. The molecule has 0 spiro atoms. The minimum Gasteiger partial charge on any atom is -1.00 e. The van der Waals surface area contributed by atoms with Gasteiger partial charge >= 0.3 is 410 Å². The van der Waals surface area contributed by atoms with Crippen LogP contribution in [-0.4, -0.2) is 11.8 Å². The molecule has 6 heteroatoms. The molecular formula is C60H74Cl2Si2Zr2. The zero-order chi connectivity index (χ0) is 44.5. The summed E-state index contributed by atoms with van der Waals surface area (Å²) in [5, 5.41) is 0. The molecule has 0 nitrogen and oxygen atoms in total. The molecule has 0 amide bonds. The number of allylic oxidation sites excluding steroid dienone is 10. The Labute approximate surface area is 430 Å². The first kappa shape index (κ1) is 51.9. The van der Waals surface area contributed by atoms with E-state index in [1.54, 1.807) is 77.9 Å². The van der Waals surface area contributed by atoms with Crippen molar-refractivity contribution >= 4 is 24.0 Å². The Morgan fingerprint density at radius 2 is 0.939 bits per heavy atom. The summed E-state index contributed by atoms with van der Waals surface area (Å²) in [6.45, 7) is 20.2. The van der Waals surface area contributed by atoms with Crippen molar-refractivity contribution in [2.45, 2.75) is 145 Å². The summed E-state index contributed by atoms with van der Waals surface area (Å²) < 4.78 is 3.18. The van der Waals surface area contributed by atoms with Gasteiger partial charge < -0.3 is 24.8 Å². The zero-order valence-corrected chi connectivity index (χ0v) is 50.0. The van der Waals surface area contributed by atoms with E-state index < -0.39 is 53.7 Å². The van der Waals surface area contributed by atoms with Crippen LogP contribution in [-0.2, 0) is 67.5 Å². The summed E-state index contributed by atoms with van der Waals surface area (Å²) in [7, 11) is 0. The molecular weight excluding hydrogens is 1030 g/mol. The van der Waals surface area contributed by atoms with Gasteiger partial charge in [-0.3, -0.25) is 0 Å². The van der Waals surface area contributed by atoms with E-state index in [-0.39, 0.29) is 24.8 Å². The summed E-state index contributed by atoms with van der Waals surface area (Å²) in [5.41, 5.74) is 25.9. The normalized spacial score (nSPS) is 20.4. The Balaban J connectivity index is 0.000000191. The fraction of sp³-hybridized carbons (Fsp3) is 0.400. The Hall–Kier alpha value is -1.90. The zero-order valence-electron chi connectivity index (χ0n) is 41.3. The largest absolute Gasteiger partial charge is 1.00 e. The molecule has 344 valence electrons. The van der Waals surface area contributed by atoms with Crippen molar-refractivity contribution in [2.75, 3.05) is 0 Å². The number of rotatable bonds is 14. The van der Waals surface area contributed by atoms with Gasteiger partial charge in [0.15, 0.2) is 0 Å². The van der Waals surface area contributed by atoms with Gasteiger partial charge in [0, 0.05) is 0 Å². The molecule has 0 bridgehead atoms. The summed E-state index contributed by atoms with van der Waals surface area (Å²) in [4.78, 5) is 0. The van der Waals surface area contributed by atoms with E-state index in [0.29, 0.717) is 0 Å². The van der Waals surface area contributed by atoms with E-state index in [4.69, 9.17) is 0 Å². The molecule has 6 aliphatic carbocycles. The van der Waals surface area contributed by atoms with Crippen LogP contribution in [0.2, 0.25) is 33.4 Å². The monoisotopic (exact) mass is 1100 g/mol. The molecule has 0 N–H and O–H groups in total. The molecule has 4 atom stereocenters. The van der Waals surface area contributed by atoms with Gasteiger partial charge in [-0.2, -0.15) is 0 Å². The molecule has 0 aromatic heterocycles. The van der Waals surface area contributed by atoms with Crippen molar-refractivity contribution in [2.24, 2.45) is 0 Å². The molecule has 66 heavy (non-hydrogen) atoms. The van der Waals surface area contributed by atoms with Crippen molar-refractivity contribution in [1.29, 1.82) is 0 Å². The van der Waals surface area contributed by atoms with Gasteiger partial charge in [-0.05, 0) is 0 Å². The predicted octanol–water partition coefficient (Wildman–Crippen LogP) is 10.8. The third kappa shape index (κ3) is 10.6. The third-order valence-electron chi connectivity index (χ3n) is 15.6. The van der Waals surface area contributed by atoms with E-state index in [1.165, 1.54) is 88.2 Å². The molecule has 0 fully saturated rings. The van der Waals surface area contributed by atoms with Gasteiger partial charge in [-0.1, -0.05) is 0 Å². The van der Waals surface area contributed by atoms with Crippen LogP contribution < -0.4 is 24.8 Å². The van der Waals surface area contributed by atoms with E-state index in [2.05, 4.69) is 175 Å². The maximum atomic E-state index is 2.72. The molecule has 4 aromatic rings. The van der Waals surface area contributed by atoms with E-state index >= 15 is 0 Å². The van der Waals surface area contributed by atoms with Crippen LogP contribution in [0.25, 0.3) is 34.4 Å². The second-order valence-electron chi connectivity index (χ2n) is 20.6. The van der Waals surface area contributed by atoms with Crippen LogP contribution >= 0.6 is 0 Å².